The quantitative estimate of drug-likeness (QED) is 0.179. The Morgan fingerprint density at radius 3 is 1.95 bits per heavy atom. The number of phenols is 1. The molecule has 0 aliphatic rings. The number of aromatic nitrogens is 2. The van der Waals surface area contributed by atoms with Crippen LogP contribution in [0.3, 0.4) is 0 Å². The van der Waals surface area contributed by atoms with Gasteiger partial charge in [-0.05, 0) is 69.6 Å². The van der Waals surface area contributed by atoms with Gasteiger partial charge in [-0.25, -0.2) is 4.39 Å². The van der Waals surface area contributed by atoms with E-state index in [0.717, 1.165) is 39.1 Å². The predicted octanol–water partition coefficient (Wildman–Crippen LogP) is 9.75. The Kier molecular flexibility index (Phi) is 8.71. The Balaban J connectivity index is 0.00000368. The molecule has 0 aliphatic carbocycles. The third-order valence-corrected chi connectivity index (χ3v) is 7.35. The number of nitrogens with zero attached hydrogens (tertiary/aromatic N) is 2. The summed E-state index contributed by atoms with van der Waals surface area (Å²) < 4.78 is 14.2. The number of aromatic hydroxyl groups is 1. The first-order chi connectivity index (χ1) is 20.3. The Morgan fingerprint density at radius 1 is 0.628 bits per heavy atom. The molecule has 6 rings (SSSR count). The molecular weight excluding hydrogens is 715 g/mol. The van der Waals surface area contributed by atoms with Crippen LogP contribution in [0.25, 0.3) is 56.0 Å². The topological polar surface area (TPSA) is 46.0 Å². The zero-order valence-corrected chi connectivity index (χ0v) is 26.4. The van der Waals surface area contributed by atoms with Crippen molar-refractivity contribution < 1.29 is 30.6 Å². The van der Waals surface area contributed by atoms with Gasteiger partial charge in [-0.1, -0.05) is 92.6 Å². The monoisotopic (exact) mass is 744 g/mol. The van der Waals surface area contributed by atoms with Gasteiger partial charge in [0.25, 0.3) is 0 Å². The molecule has 0 saturated heterocycles. The number of phenolic OH excluding ortho intramolecular Hbond substituents is 1. The smallest absolute Gasteiger partial charge is 0.124 e. The van der Waals surface area contributed by atoms with Crippen molar-refractivity contribution in [2.75, 3.05) is 0 Å². The standard InChI is InChI=1S/C38H30FN2O.Pt/c1-38(2,3)29-18-19-40-34(24-29)26-11-8-12-27(20-26)35-22-28(23-36(41-35)33-16-6-7-17-37(33)42)32-15-5-4-14-31(32)25-10-9-13-30(39)21-25;/h4-19,21-24,42H,1-3H3;/q-1;. The molecule has 0 spiro atoms. The van der Waals surface area contributed by atoms with Crippen molar-refractivity contribution in [3.63, 3.8) is 0 Å². The summed E-state index contributed by atoms with van der Waals surface area (Å²) in [4.78, 5) is 9.63. The van der Waals surface area contributed by atoms with Crippen molar-refractivity contribution in [1.29, 1.82) is 0 Å². The number of hydrogen-bond acceptors (Lipinski definition) is 3. The molecular formula is C38H30FN2OPt-. The molecule has 0 bridgehead atoms. The average molecular weight is 745 g/mol. The van der Waals surface area contributed by atoms with Gasteiger partial charge in [-0.3, -0.25) is 9.97 Å². The first kappa shape index (κ1) is 30.1. The summed E-state index contributed by atoms with van der Waals surface area (Å²) in [5.41, 5.74) is 9.17. The minimum Gasteiger partial charge on any atom is -0.507 e. The summed E-state index contributed by atoms with van der Waals surface area (Å²) in [5, 5.41) is 10.7. The summed E-state index contributed by atoms with van der Waals surface area (Å²) in [6.07, 6.45) is 1.84. The normalized spacial score (nSPS) is 11.2. The van der Waals surface area contributed by atoms with Crippen molar-refractivity contribution in [2.24, 2.45) is 0 Å². The maximum atomic E-state index is 14.2. The zero-order valence-electron chi connectivity index (χ0n) is 24.1. The van der Waals surface area contributed by atoms with Crippen molar-refractivity contribution in [1.82, 2.24) is 9.97 Å². The van der Waals surface area contributed by atoms with E-state index in [0.29, 0.717) is 17.0 Å². The second-order valence-electron chi connectivity index (χ2n) is 11.4. The summed E-state index contributed by atoms with van der Waals surface area (Å²) in [7, 11) is 0. The number of para-hydroxylation sites is 1. The van der Waals surface area contributed by atoms with E-state index < -0.39 is 0 Å². The third kappa shape index (κ3) is 6.50. The third-order valence-electron chi connectivity index (χ3n) is 7.35. The Bertz CT molecular complexity index is 1910. The largest absolute Gasteiger partial charge is 0.507 e. The van der Waals surface area contributed by atoms with Crippen LogP contribution in [0.4, 0.5) is 4.39 Å². The molecule has 0 fully saturated rings. The number of hydrogen-bond donors (Lipinski definition) is 1. The molecule has 0 unspecified atom stereocenters. The second-order valence-corrected chi connectivity index (χ2v) is 11.4. The first-order valence-electron chi connectivity index (χ1n) is 13.9. The molecule has 0 aliphatic heterocycles. The average Bonchev–Trinajstić information content (AvgIpc) is 3.01. The van der Waals surface area contributed by atoms with Crippen molar-refractivity contribution in [2.45, 2.75) is 26.2 Å². The van der Waals surface area contributed by atoms with Crippen LogP contribution in [0, 0.1) is 11.9 Å². The first-order valence-corrected chi connectivity index (χ1v) is 13.9. The molecule has 2 heterocycles. The molecule has 5 heteroatoms. The molecule has 4 aromatic carbocycles. The fourth-order valence-corrected chi connectivity index (χ4v) is 5.11. The molecule has 43 heavy (non-hydrogen) atoms. The van der Waals surface area contributed by atoms with Crippen LogP contribution < -0.4 is 0 Å². The van der Waals surface area contributed by atoms with E-state index in [1.807, 2.05) is 85.1 Å². The Morgan fingerprint density at radius 2 is 1.26 bits per heavy atom. The van der Waals surface area contributed by atoms with Crippen LogP contribution in [0.5, 0.6) is 5.75 Å². The van der Waals surface area contributed by atoms with E-state index in [-0.39, 0.29) is 38.0 Å². The van der Waals surface area contributed by atoms with Gasteiger partial charge in [-0.15, -0.1) is 24.3 Å². The molecule has 0 atom stereocenters. The van der Waals surface area contributed by atoms with Crippen LogP contribution >= 0.6 is 0 Å². The van der Waals surface area contributed by atoms with Gasteiger partial charge in [0.2, 0.25) is 0 Å². The van der Waals surface area contributed by atoms with Gasteiger partial charge >= 0.3 is 0 Å². The molecule has 2 aromatic heterocycles. The minimum atomic E-state index is -0.289. The maximum Gasteiger partial charge on any atom is 0.124 e. The number of rotatable bonds is 5. The SMILES string of the molecule is CC(C)(C)c1ccnc(-c2[c-]c(-c3cc(-c4ccccc4-c4cccc(F)c4)cc(-c4ccccc4O)n3)ccc2)c1.[Pt]. The van der Waals surface area contributed by atoms with Crippen molar-refractivity contribution >= 4 is 0 Å². The van der Waals surface area contributed by atoms with E-state index in [4.69, 9.17) is 4.98 Å². The molecule has 0 radical (unpaired) electrons. The van der Waals surface area contributed by atoms with E-state index >= 15 is 0 Å². The number of benzene rings is 4. The van der Waals surface area contributed by atoms with Gasteiger partial charge in [0.15, 0.2) is 0 Å². The fourth-order valence-electron chi connectivity index (χ4n) is 5.11. The molecule has 0 saturated carbocycles. The summed E-state index contributed by atoms with van der Waals surface area (Å²) in [6, 6.07) is 39.4. The van der Waals surface area contributed by atoms with Crippen molar-refractivity contribution in [3.8, 4) is 61.8 Å². The molecule has 1 N–H and O–H groups in total. The van der Waals surface area contributed by atoms with Gasteiger partial charge in [-0.2, -0.15) is 0 Å². The number of halogens is 1. The fraction of sp³-hybridized carbons (Fsp3) is 0.105. The Hall–Kier alpha value is -4.40. The maximum absolute atomic E-state index is 14.2. The Labute approximate surface area is 266 Å². The van der Waals surface area contributed by atoms with Gasteiger partial charge in [0.05, 0.1) is 5.69 Å². The summed E-state index contributed by atoms with van der Waals surface area (Å²) >= 11 is 0. The molecule has 216 valence electrons. The van der Waals surface area contributed by atoms with Crippen LogP contribution in [-0.4, -0.2) is 15.1 Å². The van der Waals surface area contributed by atoms with Crippen LogP contribution in [0.15, 0.2) is 121 Å². The van der Waals surface area contributed by atoms with Gasteiger partial charge < -0.3 is 5.11 Å². The van der Waals surface area contributed by atoms with E-state index in [1.54, 1.807) is 24.3 Å². The summed E-state index contributed by atoms with van der Waals surface area (Å²) in [6.45, 7) is 6.55. The van der Waals surface area contributed by atoms with Crippen molar-refractivity contribution in [3.05, 3.63) is 139 Å². The van der Waals surface area contributed by atoms with E-state index in [9.17, 15) is 9.50 Å². The van der Waals surface area contributed by atoms with Crippen LogP contribution in [0.1, 0.15) is 26.3 Å². The molecule has 6 aromatic rings. The number of pyridine rings is 2. The van der Waals surface area contributed by atoms with Gasteiger partial charge in [0.1, 0.15) is 11.6 Å². The van der Waals surface area contributed by atoms with E-state index in [2.05, 4.69) is 37.9 Å². The van der Waals surface area contributed by atoms with Crippen LogP contribution in [-0.2, 0) is 26.5 Å². The van der Waals surface area contributed by atoms with E-state index in [1.165, 1.54) is 11.6 Å². The zero-order chi connectivity index (χ0) is 29.3. The predicted molar refractivity (Wildman–Crippen MR) is 168 cm³/mol. The second kappa shape index (κ2) is 12.5. The van der Waals surface area contributed by atoms with Gasteiger partial charge in [0, 0.05) is 44.2 Å². The summed E-state index contributed by atoms with van der Waals surface area (Å²) in [5.74, 6) is -0.143. The minimum absolute atomic E-state index is 0. The molecule has 3 nitrogen and oxygen atoms in total. The molecule has 0 amide bonds. The van der Waals surface area contributed by atoms with Crippen LogP contribution in [0.2, 0.25) is 0 Å².